The van der Waals surface area contributed by atoms with Gasteiger partial charge in [-0.15, -0.1) is 0 Å². The Hall–Kier alpha value is -2.31. The molecule has 21 heavy (non-hydrogen) atoms. The fourth-order valence-electron chi connectivity index (χ4n) is 2.00. The van der Waals surface area contributed by atoms with Gasteiger partial charge in [-0.25, -0.2) is 0 Å². The second-order valence-corrected chi connectivity index (χ2v) is 5.10. The predicted octanol–water partition coefficient (Wildman–Crippen LogP) is 4.17. The summed E-state index contributed by atoms with van der Waals surface area (Å²) >= 11 is 6.02. The Morgan fingerprint density at radius 1 is 1.19 bits per heavy atom. The van der Waals surface area contributed by atoms with Crippen molar-refractivity contribution in [2.24, 2.45) is 0 Å². The number of rotatable bonds is 5. The van der Waals surface area contributed by atoms with E-state index in [4.69, 9.17) is 16.9 Å². The Bertz CT molecular complexity index is 662. The molecule has 0 aromatic heterocycles. The number of hydrogen-bond acceptors (Lipinski definition) is 2. The van der Waals surface area contributed by atoms with Crippen LogP contribution in [-0.4, -0.2) is 5.91 Å². The topological polar surface area (TPSA) is 52.9 Å². The summed E-state index contributed by atoms with van der Waals surface area (Å²) in [6.45, 7) is 0. The van der Waals surface area contributed by atoms with Crippen molar-refractivity contribution in [3.8, 4) is 6.07 Å². The highest BCUT2D eigenvalue weighted by atomic mass is 35.5. The van der Waals surface area contributed by atoms with Crippen molar-refractivity contribution < 1.29 is 4.79 Å². The molecule has 0 bridgehead atoms. The molecule has 1 N–H and O–H groups in total. The first kappa shape index (κ1) is 15.1. The highest BCUT2D eigenvalue weighted by Gasteiger charge is 2.06. The average Bonchev–Trinajstić information content (AvgIpc) is 2.50. The van der Waals surface area contributed by atoms with Gasteiger partial charge in [-0.1, -0.05) is 41.9 Å². The number of carbonyl (C=O) groups is 1. The number of hydrogen-bond donors (Lipinski definition) is 1. The van der Waals surface area contributed by atoms with Gasteiger partial charge in [0.15, 0.2) is 0 Å². The highest BCUT2D eigenvalue weighted by Crippen LogP contribution is 2.23. The molecule has 0 aliphatic heterocycles. The number of carbonyl (C=O) groups excluding carboxylic acids is 1. The summed E-state index contributed by atoms with van der Waals surface area (Å²) in [5.41, 5.74) is 2.24. The first-order chi connectivity index (χ1) is 10.2. The van der Waals surface area contributed by atoms with E-state index in [0.29, 0.717) is 22.7 Å². The quantitative estimate of drug-likeness (QED) is 0.900. The lowest BCUT2D eigenvalue weighted by Gasteiger charge is -2.07. The van der Waals surface area contributed by atoms with Gasteiger partial charge >= 0.3 is 0 Å². The van der Waals surface area contributed by atoms with Crippen LogP contribution in [0.15, 0.2) is 48.5 Å². The number of aryl methyl sites for hydroxylation is 1. The van der Waals surface area contributed by atoms with Crippen LogP contribution in [0.2, 0.25) is 5.02 Å². The molecular formula is C17H15ClN2O. The molecular weight excluding hydrogens is 284 g/mol. The van der Waals surface area contributed by atoms with E-state index in [1.165, 1.54) is 5.56 Å². The van der Waals surface area contributed by atoms with Gasteiger partial charge in [-0.2, -0.15) is 5.26 Å². The maximum Gasteiger partial charge on any atom is 0.224 e. The smallest absolute Gasteiger partial charge is 0.224 e. The monoisotopic (exact) mass is 298 g/mol. The first-order valence-corrected chi connectivity index (χ1v) is 7.10. The summed E-state index contributed by atoms with van der Waals surface area (Å²) in [4.78, 5) is 11.9. The zero-order valence-corrected chi connectivity index (χ0v) is 12.2. The third-order valence-electron chi connectivity index (χ3n) is 3.08. The Morgan fingerprint density at radius 2 is 1.95 bits per heavy atom. The molecule has 0 saturated carbocycles. The van der Waals surface area contributed by atoms with Crippen LogP contribution in [0.1, 0.15) is 24.0 Å². The second-order valence-electron chi connectivity index (χ2n) is 4.69. The zero-order valence-electron chi connectivity index (χ0n) is 11.5. The fraction of sp³-hybridized carbons (Fsp3) is 0.176. The summed E-state index contributed by atoms with van der Waals surface area (Å²) in [5.74, 6) is -0.0717. The summed E-state index contributed by atoms with van der Waals surface area (Å²) < 4.78 is 0. The van der Waals surface area contributed by atoms with Crippen LogP contribution in [0.25, 0.3) is 0 Å². The van der Waals surface area contributed by atoms with E-state index in [-0.39, 0.29) is 5.91 Å². The Kier molecular flexibility index (Phi) is 5.36. The average molecular weight is 299 g/mol. The van der Waals surface area contributed by atoms with E-state index in [2.05, 4.69) is 17.4 Å². The minimum atomic E-state index is -0.0717. The number of nitrogens with one attached hydrogen (secondary N) is 1. The number of anilines is 1. The summed E-state index contributed by atoms with van der Waals surface area (Å²) in [6, 6.07) is 16.9. The molecule has 0 aliphatic carbocycles. The Morgan fingerprint density at radius 3 is 2.62 bits per heavy atom. The lowest BCUT2D eigenvalue weighted by molar-refractivity contribution is -0.116. The normalized spacial score (nSPS) is 9.90. The van der Waals surface area contributed by atoms with Gasteiger partial charge in [0.25, 0.3) is 0 Å². The van der Waals surface area contributed by atoms with Crippen LogP contribution in [0.3, 0.4) is 0 Å². The number of benzene rings is 2. The van der Waals surface area contributed by atoms with E-state index >= 15 is 0 Å². The molecule has 2 rings (SSSR count). The molecule has 0 saturated heterocycles. The maximum atomic E-state index is 11.9. The van der Waals surface area contributed by atoms with E-state index in [1.807, 2.05) is 24.3 Å². The zero-order chi connectivity index (χ0) is 15.1. The third kappa shape index (κ3) is 4.62. The van der Waals surface area contributed by atoms with Gasteiger partial charge in [-0.05, 0) is 36.6 Å². The molecule has 2 aromatic carbocycles. The molecule has 1 amide bonds. The maximum absolute atomic E-state index is 11.9. The summed E-state index contributed by atoms with van der Waals surface area (Å²) in [6.07, 6.45) is 2.09. The Labute approximate surface area is 129 Å². The predicted molar refractivity (Wildman–Crippen MR) is 84.2 cm³/mol. The molecule has 0 radical (unpaired) electrons. The molecule has 0 heterocycles. The first-order valence-electron chi connectivity index (χ1n) is 6.72. The van der Waals surface area contributed by atoms with E-state index in [0.717, 1.165) is 12.8 Å². The number of nitrogens with zero attached hydrogens (tertiary/aromatic N) is 1. The largest absolute Gasteiger partial charge is 0.325 e. The van der Waals surface area contributed by atoms with Crippen molar-refractivity contribution in [3.05, 3.63) is 64.7 Å². The molecule has 3 nitrogen and oxygen atoms in total. The van der Waals surface area contributed by atoms with Gasteiger partial charge in [0.05, 0.1) is 22.3 Å². The lowest BCUT2D eigenvalue weighted by atomic mass is 10.1. The highest BCUT2D eigenvalue weighted by molar-refractivity contribution is 6.33. The standard InChI is InChI=1S/C17H15ClN2O/c18-15-11-14(12-19)9-10-16(15)20-17(21)8-4-7-13-5-2-1-3-6-13/h1-3,5-6,9-11H,4,7-8H2,(H,20,21). The van der Waals surface area contributed by atoms with Gasteiger partial charge in [0, 0.05) is 6.42 Å². The van der Waals surface area contributed by atoms with E-state index in [1.54, 1.807) is 18.2 Å². The third-order valence-corrected chi connectivity index (χ3v) is 3.40. The van der Waals surface area contributed by atoms with Crippen LogP contribution in [-0.2, 0) is 11.2 Å². The van der Waals surface area contributed by atoms with Crippen molar-refractivity contribution >= 4 is 23.2 Å². The van der Waals surface area contributed by atoms with Gasteiger partial charge in [0.1, 0.15) is 0 Å². The number of amides is 1. The fourth-order valence-corrected chi connectivity index (χ4v) is 2.22. The van der Waals surface area contributed by atoms with Gasteiger partial charge in [0.2, 0.25) is 5.91 Å². The van der Waals surface area contributed by atoms with Crippen molar-refractivity contribution in [3.63, 3.8) is 0 Å². The molecule has 2 aromatic rings. The van der Waals surface area contributed by atoms with Gasteiger partial charge in [-0.3, -0.25) is 4.79 Å². The Balaban J connectivity index is 1.83. The van der Waals surface area contributed by atoms with Crippen molar-refractivity contribution in [1.29, 1.82) is 5.26 Å². The van der Waals surface area contributed by atoms with Crippen molar-refractivity contribution in [2.75, 3.05) is 5.32 Å². The number of nitriles is 1. The molecule has 0 atom stereocenters. The lowest BCUT2D eigenvalue weighted by Crippen LogP contribution is -2.11. The summed E-state index contributed by atoms with van der Waals surface area (Å²) in [7, 11) is 0. The van der Waals surface area contributed by atoms with Crippen LogP contribution >= 0.6 is 11.6 Å². The van der Waals surface area contributed by atoms with E-state index < -0.39 is 0 Å². The van der Waals surface area contributed by atoms with Crippen LogP contribution in [0, 0.1) is 11.3 Å². The molecule has 0 unspecified atom stereocenters. The van der Waals surface area contributed by atoms with Crippen molar-refractivity contribution in [2.45, 2.75) is 19.3 Å². The minimum absolute atomic E-state index is 0.0717. The molecule has 0 aliphatic rings. The van der Waals surface area contributed by atoms with E-state index in [9.17, 15) is 4.79 Å². The van der Waals surface area contributed by atoms with Crippen molar-refractivity contribution in [1.82, 2.24) is 0 Å². The SMILES string of the molecule is N#Cc1ccc(NC(=O)CCCc2ccccc2)c(Cl)c1. The molecule has 0 fully saturated rings. The van der Waals surface area contributed by atoms with Crippen LogP contribution < -0.4 is 5.32 Å². The molecule has 0 spiro atoms. The summed E-state index contributed by atoms with van der Waals surface area (Å²) in [5, 5.41) is 11.9. The number of halogens is 1. The molecule has 4 heteroatoms. The van der Waals surface area contributed by atoms with Gasteiger partial charge < -0.3 is 5.32 Å². The minimum Gasteiger partial charge on any atom is -0.325 e. The van der Waals surface area contributed by atoms with Crippen LogP contribution in [0.5, 0.6) is 0 Å². The second kappa shape index (κ2) is 7.47. The molecule has 106 valence electrons. The van der Waals surface area contributed by atoms with Crippen LogP contribution in [0.4, 0.5) is 5.69 Å².